The Labute approximate surface area is 91.9 Å². The standard InChI is InChI=1S/C12H21N3/c1-9(2)15-8-11(7-14-15)6-13-12-4-10(3)5-12/h7-10,12-13H,4-6H2,1-3H3. The van der Waals surface area contributed by atoms with Crippen LogP contribution in [-0.2, 0) is 6.54 Å². The van der Waals surface area contributed by atoms with E-state index in [4.69, 9.17) is 0 Å². The summed E-state index contributed by atoms with van der Waals surface area (Å²) < 4.78 is 2.01. The van der Waals surface area contributed by atoms with E-state index in [1.54, 1.807) is 0 Å². The SMILES string of the molecule is CC1CC(NCc2cnn(C(C)C)c2)C1. The molecule has 1 heterocycles. The molecule has 0 bridgehead atoms. The van der Waals surface area contributed by atoms with Crippen LogP contribution in [0.25, 0.3) is 0 Å². The van der Waals surface area contributed by atoms with E-state index in [2.05, 4.69) is 37.4 Å². The molecule has 0 spiro atoms. The van der Waals surface area contributed by atoms with Gasteiger partial charge in [0, 0.05) is 30.4 Å². The molecule has 1 aliphatic carbocycles. The molecule has 0 saturated heterocycles. The van der Waals surface area contributed by atoms with Crippen LogP contribution in [0.4, 0.5) is 0 Å². The highest BCUT2D eigenvalue weighted by Crippen LogP contribution is 2.26. The molecule has 1 aromatic heterocycles. The predicted molar refractivity (Wildman–Crippen MR) is 61.6 cm³/mol. The molecular weight excluding hydrogens is 186 g/mol. The number of aromatic nitrogens is 2. The zero-order chi connectivity index (χ0) is 10.8. The van der Waals surface area contributed by atoms with Gasteiger partial charge in [-0.05, 0) is 32.6 Å². The zero-order valence-electron chi connectivity index (χ0n) is 9.90. The molecule has 0 radical (unpaired) electrons. The van der Waals surface area contributed by atoms with E-state index in [-0.39, 0.29) is 0 Å². The smallest absolute Gasteiger partial charge is 0.0534 e. The van der Waals surface area contributed by atoms with E-state index >= 15 is 0 Å². The molecule has 3 heteroatoms. The van der Waals surface area contributed by atoms with E-state index < -0.39 is 0 Å². The summed E-state index contributed by atoms with van der Waals surface area (Å²) in [4.78, 5) is 0. The van der Waals surface area contributed by atoms with Gasteiger partial charge in [0.1, 0.15) is 0 Å². The van der Waals surface area contributed by atoms with Crippen LogP contribution in [0.5, 0.6) is 0 Å². The van der Waals surface area contributed by atoms with E-state index in [1.165, 1.54) is 18.4 Å². The van der Waals surface area contributed by atoms with Crippen molar-refractivity contribution < 1.29 is 0 Å². The molecule has 1 N–H and O–H groups in total. The maximum Gasteiger partial charge on any atom is 0.0534 e. The van der Waals surface area contributed by atoms with Gasteiger partial charge in [-0.2, -0.15) is 5.10 Å². The van der Waals surface area contributed by atoms with Crippen LogP contribution >= 0.6 is 0 Å². The zero-order valence-corrected chi connectivity index (χ0v) is 9.90. The molecule has 1 saturated carbocycles. The fourth-order valence-corrected chi connectivity index (χ4v) is 2.08. The van der Waals surface area contributed by atoms with Gasteiger partial charge < -0.3 is 5.32 Å². The summed E-state index contributed by atoms with van der Waals surface area (Å²) in [5, 5.41) is 7.89. The summed E-state index contributed by atoms with van der Waals surface area (Å²) in [7, 11) is 0. The molecule has 1 aromatic rings. The molecule has 2 rings (SSSR count). The Bertz CT molecular complexity index is 310. The molecule has 0 amide bonds. The number of nitrogens with one attached hydrogen (secondary N) is 1. The highest BCUT2D eigenvalue weighted by atomic mass is 15.3. The predicted octanol–water partition coefficient (Wildman–Crippen LogP) is 2.35. The minimum Gasteiger partial charge on any atom is -0.310 e. The monoisotopic (exact) mass is 207 g/mol. The topological polar surface area (TPSA) is 29.9 Å². The lowest BCUT2D eigenvalue weighted by Crippen LogP contribution is -2.39. The Morgan fingerprint density at radius 3 is 2.80 bits per heavy atom. The van der Waals surface area contributed by atoms with Crippen molar-refractivity contribution in [3.05, 3.63) is 18.0 Å². The van der Waals surface area contributed by atoms with Crippen molar-refractivity contribution in [1.29, 1.82) is 0 Å². The van der Waals surface area contributed by atoms with E-state index in [0.29, 0.717) is 6.04 Å². The van der Waals surface area contributed by atoms with Gasteiger partial charge in [0.2, 0.25) is 0 Å². The molecule has 0 aromatic carbocycles. The van der Waals surface area contributed by atoms with Crippen LogP contribution in [0, 0.1) is 5.92 Å². The summed E-state index contributed by atoms with van der Waals surface area (Å²) in [6.07, 6.45) is 6.77. The summed E-state index contributed by atoms with van der Waals surface area (Å²) in [6.45, 7) is 7.58. The third kappa shape index (κ3) is 2.59. The van der Waals surface area contributed by atoms with Crippen molar-refractivity contribution >= 4 is 0 Å². The number of rotatable bonds is 4. The van der Waals surface area contributed by atoms with E-state index in [0.717, 1.165) is 18.5 Å². The highest BCUT2D eigenvalue weighted by Gasteiger charge is 2.24. The Kier molecular flexibility index (Phi) is 3.10. The molecule has 0 unspecified atom stereocenters. The lowest BCUT2D eigenvalue weighted by molar-refractivity contribution is 0.240. The minimum atomic E-state index is 0.461. The van der Waals surface area contributed by atoms with Crippen molar-refractivity contribution in [2.75, 3.05) is 0 Å². The Balaban J connectivity index is 1.78. The molecular formula is C12H21N3. The highest BCUT2D eigenvalue weighted by molar-refractivity contribution is 5.04. The van der Waals surface area contributed by atoms with Gasteiger partial charge in [0.25, 0.3) is 0 Å². The fraction of sp³-hybridized carbons (Fsp3) is 0.750. The lowest BCUT2D eigenvalue weighted by atomic mass is 9.82. The molecule has 0 aliphatic heterocycles. The van der Waals surface area contributed by atoms with Crippen molar-refractivity contribution in [3.63, 3.8) is 0 Å². The van der Waals surface area contributed by atoms with Crippen LogP contribution in [0.2, 0.25) is 0 Å². The molecule has 1 aliphatic rings. The van der Waals surface area contributed by atoms with Gasteiger partial charge >= 0.3 is 0 Å². The largest absolute Gasteiger partial charge is 0.310 e. The van der Waals surface area contributed by atoms with Gasteiger partial charge in [0.15, 0.2) is 0 Å². The minimum absolute atomic E-state index is 0.461. The van der Waals surface area contributed by atoms with E-state index in [1.807, 2.05) is 10.9 Å². The van der Waals surface area contributed by atoms with Gasteiger partial charge in [-0.3, -0.25) is 4.68 Å². The third-order valence-corrected chi connectivity index (χ3v) is 3.15. The summed E-state index contributed by atoms with van der Waals surface area (Å²) in [6, 6.07) is 1.20. The Morgan fingerprint density at radius 1 is 1.53 bits per heavy atom. The van der Waals surface area contributed by atoms with Crippen LogP contribution in [0.3, 0.4) is 0 Å². The van der Waals surface area contributed by atoms with Crippen LogP contribution in [0.1, 0.15) is 45.2 Å². The molecule has 3 nitrogen and oxygen atoms in total. The normalized spacial score (nSPS) is 25.6. The molecule has 15 heavy (non-hydrogen) atoms. The molecule has 84 valence electrons. The van der Waals surface area contributed by atoms with Gasteiger partial charge in [0.05, 0.1) is 6.20 Å². The van der Waals surface area contributed by atoms with Crippen LogP contribution < -0.4 is 5.32 Å². The lowest BCUT2D eigenvalue weighted by Gasteiger charge is -2.33. The average molecular weight is 207 g/mol. The van der Waals surface area contributed by atoms with Crippen molar-refractivity contribution in [2.45, 2.75) is 52.2 Å². The number of hydrogen-bond donors (Lipinski definition) is 1. The maximum atomic E-state index is 4.33. The first kappa shape index (κ1) is 10.7. The van der Waals surface area contributed by atoms with Crippen molar-refractivity contribution in [1.82, 2.24) is 15.1 Å². The van der Waals surface area contributed by atoms with Gasteiger partial charge in [-0.25, -0.2) is 0 Å². The summed E-state index contributed by atoms with van der Waals surface area (Å²) in [5.41, 5.74) is 1.29. The van der Waals surface area contributed by atoms with Gasteiger partial charge in [-0.15, -0.1) is 0 Å². The fourth-order valence-electron chi connectivity index (χ4n) is 2.08. The second-order valence-electron chi connectivity index (χ2n) is 5.08. The Hall–Kier alpha value is -0.830. The molecule has 1 fully saturated rings. The first-order valence-electron chi connectivity index (χ1n) is 5.91. The average Bonchev–Trinajstić information content (AvgIpc) is 2.59. The first-order chi connectivity index (χ1) is 7.15. The summed E-state index contributed by atoms with van der Waals surface area (Å²) in [5.74, 6) is 0.917. The van der Waals surface area contributed by atoms with Crippen molar-refractivity contribution in [3.8, 4) is 0 Å². The van der Waals surface area contributed by atoms with Crippen LogP contribution in [-0.4, -0.2) is 15.8 Å². The quantitative estimate of drug-likeness (QED) is 0.821. The van der Waals surface area contributed by atoms with Gasteiger partial charge in [-0.1, -0.05) is 6.92 Å². The number of hydrogen-bond acceptors (Lipinski definition) is 2. The third-order valence-electron chi connectivity index (χ3n) is 3.15. The first-order valence-corrected chi connectivity index (χ1v) is 5.91. The van der Waals surface area contributed by atoms with E-state index in [9.17, 15) is 0 Å². The second kappa shape index (κ2) is 4.35. The van der Waals surface area contributed by atoms with Crippen molar-refractivity contribution in [2.24, 2.45) is 5.92 Å². The second-order valence-corrected chi connectivity index (χ2v) is 5.08. The number of nitrogens with zero attached hydrogens (tertiary/aromatic N) is 2. The molecule has 0 atom stereocenters. The maximum absolute atomic E-state index is 4.33. The Morgan fingerprint density at radius 2 is 2.27 bits per heavy atom. The summed E-state index contributed by atoms with van der Waals surface area (Å²) >= 11 is 0. The van der Waals surface area contributed by atoms with Crippen LogP contribution in [0.15, 0.2) is 12.4 Å².